The van der Waals surface area contributed by atoms with E-state index in [0.29, 0.717) is 11.7 Å². The predicted octanol–water partition coefficient (Wildman–Crippen LogP) is 1.91. The molecule has 3 nitrogen and oxygen atoms in total. The number of rotatable bonds is 4. The number of thiocarbonyl (C=S) groups is 1. The molecule has 1 aromatic carbocycles. The number of nitrogens with zero attached hydrogens (tertiary/aromatic N) is 1. The van der Waals surface area contributed by atoms with E-state index >= 15 is 0 Å². The van der Waals surface area contributed by atoms with Crippen molar-refractivity contribution in [2.45, 2.75) is 13.5 Å². The molecule has 0 spiro atoms. The van der Waals surface area contributed by atoms with Crippen LogP contribution >= 0.6 is 23.8 Å². The zero-order valence-corrected chi connectivity index (χ0v) is 10.1. The van der Waals surface area contributed by atoms with Gasteiger partial charge in [-0.2, -0.15) is 0 Å². The van der Waals surface area contributed by atoms with Gasteiger partial charge in [0, 0.05) is 18.1 Å². The van der Waals surface area contributed by atoms with E-state index in [9.17, 15) is 0 Å². The lowest BCUT2D eigenvalue weighted by Crippen LogP contribution is -2.45. The van der Waals surface area contributed by atoms with Crippen LogP contribution in [0.5, 0.6) is 0 Å². The standard InChI is InChI=1S/C10H14ClN3S/c1-2-14(10(12)15)13-7-8-3-5-9(11)6-4-8/h3-6,13H,2,7H2,1H3,(H2,12,15). The Hall–Kier alpha value is -0.840. The zero-order valence-electron chi connectivity index (χ0n) is 8.53. The SMILES string of the molecule is CCN(NCc1ccc(Cl)cc1)C(N)=S. The van der Waals surface area contributed by atoms with Gasteiger partial charge in [-0.05, 0) is 36.8 Å². The highest BCUT2D eigenvalue weighted by Crippen LogP contribution is 2.09. The largest absolute Gasteiger partial charge is 0.375 e. The molecular formula is C10H14ClN3S. The van der Waals surface area contributed by atoms with Gasteiger partial charge in [0.05, 0.1) is 0 Å². The fourth-order valence-electron chi connectivity index (χ4n) is 1.13. The van der Waals surface area contributed by atoms with Crippen LogP contribution < -0.4 is 11.2 Å². The van der Waals surface area contributed by atoms with Crippen molar-refractivity contribution in [2.24, 2.45) is 5.73 Å². The van der Waals surface area contributed by atoms with Crippen LogP contribution in [0.2, 0.25) is 5.02 Å². The number of nitrogens with two attached hydrogens (primary N) is 1. The molecule has 82 valence electrons. The molecule has 0 atom stereocenters. The Kier molecular flexibility index (Phi) is 4.81. The van der Waals surface area contributed by atoms with E-state index in [2.05, 4.69) is 5.43 Å². The summed E-state index contributed by atoms with van der Waals surface area (Å²) in [4.78, 5) is 0. The van der Waals surface area contributed by atoms with Gasteiger partial charge in [-0.3, -0.25) is 5.01 Å². The maximum absolute atomic E-state index is 5.78. The summed E-state index contributed by atoms with van der Waals surface area (Å²) in [5, 5.41) is 2.82. The van der Waals surface area contributed by atoms with Crippen LogP contribution in [-0.2, 0) is 6.54 Å². The van der Waals surface area contributed by atoms with Crippen molar-refractivity contribution in [2.75, 3.05) is 6.54 Å². The van der Waals surface area contributed by atoms with E-state index in [1.54, 1.807) is 5.01 Å². The van der Waals surface area contributed by atoms with Crippen molar-refractivity contribution < 1.29 is 0 Å². The first-order chi connectivity index (χ1) is 7.13. The Morgan fingerprint density at radius 2 is 2.07 bits per heavy atom. The molecule has 0 unspecified atom stereocenters. The molecule has 0 saturated heterocycles. The minimum absolute atomic E-state index is 0.353. The maximum atomic E-state index is 5.78. The van der Waals surface area contributed by atoms with Crippen molar-refractivity contribution in [3.05, 3.63) is 34.9 Å². The molecule has 0 aliphatic carbocycles. The highest BCUT2D eigenvalue weighted by molar-refractivity contribution is 7.80. The molecule has 0 bridgehead atoms. The quantitative estimate of drug-likeness (QED) is 0.626. The summed E-state index contributed by atoms with van der Waals surface area (Å²) in [5.74, 6) is 0. The first kappa shape index (κ1) is 12.2. The minimum atomic E-state index is 0.353. The second-order valence-corrected chi connectivity index (χ2v) is 3.90. The van der Waals surface area contributed by atoms with Gasteiger partial charge in [-0.15, -0.1) is 0 Å². The number of hydrogen-bond donors (Lipinski definition) is 2. The molecule has 0 aromatic heterocycles. The lowest BCUT2D eigenvalue weighted by atomic mass is 10.2. The number of hydrazine groups is 1. The van der Waals surface area contributed by atoms with Gasteiger partial charge in [0.1, 0.15) is 0 Å². The van der Waals surface area contributed by atoms with Crippen LogP contribution in [0.25, 0.3) is 0 Å². The predicted molar refractivity (Wildman–Crippen MR) is 67.5 cm³/mol. The molecule has 0 aliphatic rings. The van der Waals surface area contributed by atoms with Crippen LogP contribution in [0.1, 0.15) is 12.5 Å². The molecule has 0 heterocycles. The van der Waals surface area contributed by atoms with E-state index < -0.39 is 0 Å². The monoisotopic (exact) mass is 243 g/mol. The summed E-state index contributed by atoms with van der Waals surface area (Å²) in [6, 6.07) is 7.64. The van der Waals surface area contributed by atoms with E-state index in [1.165, 1.54) is 0 Å². The maximum Gasteiger partial charge on any atom is 0.180 e. The smallest absolute Gasteiger partial charge is 0.180 e. The molecule has 1 aromatic rings. The van der Waals surface area contributed by atoms with Crippen LogP contribution in [0.4, 0.5) is 0 Å². The van der Waals surface area contributed by atoms with Crippen molar-refractivity contribution in [3.8, 4) is 0 Å². The lowest BCUT2D eigenvalue weighted by Gasteiger charge is -2.21. The summed E-state index contributed by atoms with van der Waals surface area (Å²) < 4.78 is 0. The van der Waals surface area contributed by atoms with Gasteiger partial charge in [0.15, 0.2) is 5.11 Å². The third-order valence-corrected chi connectivity index (χ3v) is 2.44. The fourth-order valence-corrected chi connectivity index (χ4v) is 1.45. The third kappa shape index (κ3) is 4.03. The molecule has 0 radical (unpaired) electrons. The number of nitrogens with one attached hydrogen (secondary N) is 1. The van der Waals surface area contributed by atoms with Crippen LogP contribution in [0.15, 0.2) is 24.3 Å². The van der Waals surface area contributed by atoms with Crippen molar-refractivity contribution in [3.63, 3.8) is 0 Å². The number of halogens is 1. The lowest BCUT2D eigenvalue weighted by molar-refractivity contribution is 0.320. The zero-order chi connectivity index (χ0) is 11.3. The van der Waals surface area contributed by atoms with Gasteiger partial charge in [0.25, 0.3) is 0 Å². The molecule has 0 fully saturated rings. The van der Waals surface area contributed by atoms with Crippen molar-refractivity contribution in [1.29, 1.82) is 0 Å². The fraction of sp³-hybridized carbons (Fsp3) is 0.300. The van der Waals surface area contributed by atoms with E-state index in [-0.39, 0.29) is 0 Å². The van der Waals surface area contributed by atoms with Gasteiger partial charge >= 0.3 is 0 Å². The van der Waals surface area contributed by atoms with Crippen LogP contribution in [0, 0.1) is 0 Å². The normalized spacial score (nSPS) is 10.0. The topological polar surface area (TPSA) is 41.3 Å². The van der Waals surface area contributed by atoms with E-state index in [4.69, 9.17) is 29.6 Å². The Morgan fingerprint density at radius 1 is 1.47 bits per heavy atom. The Labute approximate surface area is 100 Å². The van der Waals surface area contributed by atoms with Gasteiger partial charge in [-0.25, -0.2) is 5.43 Å². The average Bonchev–Trinajstić information content (AvgIpc) is 2.21. The molecular weight excluding hydrogens is 230 g/mol. The molecule has 0 aliphatic heterocycles. The highest BCUT2D eigenvalue weighted by atomic mass is 35.5. The molecule has 5 heteroatoms. The van der Waals surface area contributed by atoms with E-state index in [1.807, 2.05) is 31.2 Å². The Morgan fingerprint density at radius 3 is 2.53 bits per heavy atom. The average molecular weight is 244 g/mol. The summed E-state index contributed by atoms with van der Waals surface area (Å²) in [6.07, 6.45) is 0. The van der Waals surface area contributed by atoms with E-state index in [0.717, 1.165) is 17.1 Å². The summed E-state index contributed by atoms with van der Waals surface area (Å²) in [7, 11) is 0. The second kappa shape index (κ2) is 5.90. The number of benzene rings is 1. The van der Waals surface area contributed by atoms with Gasteiger partial charge in [-0.1, -0.05) is 23.7 Å². The Bertz CT molecular complexity index is 326. The molecule has 3 N–H and O–H groups in total. The minimum Gasteiger partial charge on any atom is -0.375 e. The third-order valence-electron chi connectivity index (χ3n) is 1.97. The van der Waals surface area contributed by atoms with Gasteiger partial charge in [0.2, 0.25) is 0 Å². The summed E-state index contributed by atoms with van der Waals surface area (Å²) >= 11 is 10.7. The first-order valence-electron chi connectivity index (χ1n) is 4.68. The van der Waals surface area contributed by atoms with Crippen LogP contribution in [0.3, 0.4) is 0 Å². The Balaban J connectivity index is 2.49. The molecule has 0 amide bonds. The van der Waals surface area contributed by atoms with Crippen molar-refractivity contribution >= 4 is 28.9 Å². The molecule has 0 saturated carbocycles. The second-order valence-electron chi connectivity index (χ2n) is 3.04. The van der Waals surface area contributed by atoms with Crippen LogP contribution in [-0.4, -0.2) is 16.7 Å². The van der Waals surface area contributed by atoms with Gasteiger partial charge < -0.3 is 5.73 Å². The molecule has 1 rings (SSSR count). The summed E-state index contributed by atoms with van der Waals surface area (Å²) in [5.41, 5.74) is 9.77. The summed E-state index contributed by atoms with van der Waals surface area (Å²) in [6.45, 7) is 3.40. The van der Waals surface area contributed by atoms with Crippen molar-refractivity contribution in [1.82, 2.24) is 10.4 Å². The molecule has 15 heavy (non-hydrogen) atoms. The highest BCUT2D eigenvalue weighted by Gasteiger charge is 2.02. The number of hydrogen-bond acceptors (Lipinski definition) is 2. The first-order valence-corrected chi connectivity index (χ1v) is 5.47.